The molecule has 46 heteroatoms. The summed E-state index contributed by atoms with van der Waals surface area (Å²) in [7, 11) is -4.70. The zero-order valence-corrected chi connectivity index (χ0v) is 76.7. The van der Waals surface area contributed by atoms with Crippen LogP contribution in [-0.2, 0) is 80.8 Å². The number of thiocyanates is 1. The van der Waals surface area contributed by atoms with Gasteiger partial charge in [0.1, 0.15) is 40.9 Å². The van der Waals surface area contributed by atoms with Gasteiger partial charge in [0.05, 0.1) is 30.1 Å². The largest absolute Gasteiger partial charge is 0.508 e. The number of nitrogens with zero attached hydrogens (tertiary/aromatic N) is 1. The van der Waals surface area contributed by atoms with Crippen LogP contribution in [0.15, 0.2) is 139 Å². The molecule has 0 bridgehead atoms. The van der Waals surface area contributed by atoms with Gasteiger partial charge in [-0.2, -0.15) is 13.7 Å². The van der Waals surface area contributed by atoms with Gasteiger partial charge in [0.2, 0.25) is 0 Å². The predicted octanol–water partition coefficient (Wildman–Crippen LogP) is 10.00. The van der Waals surface area contributed by atoms with Crippen LogP contribution in [0.2, 0.25) is 0 Å². The maximum atomic E-state index is 10.6. The Bertz CT molecular complexity index is 4360. The summed E-state index contributed by atoms with van der Waals surface area (Å²) >= 11 is 3.09. The molecule has 0 spiro atoms. The van der Waals surface area contributed by atoms with E-state index in [1.54, 1.807) is 58.1 Å². The number of aromatic hydroxyl groups is 1. The summed E-state index contributed by atoms with van der Waals surface area (Å²) in [4.78, 5) is 154. The first-order chi connectivity index (χ1) is 61.9. The number of hydrogen-bond acceptors (Lipinski definition) is 28. The first-order valence-electron chi connectivity index (χ1n) is 40.5. The van der Waals surface area contributed by atoms with Crippen molar-refractivity contribution >= 4 is 123 Å². The second kappa shape index (κ2) is 84.3. The molecule has 1 aromatic heterocycles. The molecule has 5 rings (SSSR count). The molecule has 0 radical (unpaired) electrons. The standard InChI is InChI=1S/C18H36O2.C11H12N2O2.C9H11NO3.C8H6O4.C7H6O6S.C6H8O2.C5H11NO2.C5H8O2.C5H10O2.C4H9NO3.C4H6O6.C4H6O4.CHNS/c1-2-3-4-5-6-7-8-9-10-11-12-13-14-15-16-17-18(19)20;12-9(11(14)15)5-7-6-13-10-4-2-1-3-8(7)10;10-8(9(12)13)5-6-1-3-7(11)4-2-6;9-7(10)5-1-2-6(4-3-5)8(11)12;8-7(9)5-3-1-2-4-6(5)13-14(10,11)12;1-2-3-4-5-6(7)8;1-3(2)4(6)5(7)8;1-3-4(2)5(6)7;1-2-3-4-5(6)7;1-2(6)3(5)4(7)8;5-1(3(7)8)2(6)4(9)10;5-3(6)1-2-4(7)8;2-1-3/h2-17H2,1H3,(H,19,20);1-4,6,9,13H,5,12H2,(H,14,15);1-4,8,11H,5,10H2,(H,12,13);1-4H,(H,9,10)(H,11,12);1-4H,(H,8,9)(H,10,11,12);2-5H,1H3,(H,7,8);3-4H,6H2,1-2H3,(H,7,8);3H,1-2H3,(H,6,7);2-4H2,1H3,(H,6,7);2-3,6H,5H2,1H3,(H,7,8);1-2,5-6H,(H,7,8)(H,9,10);1-2H2,(H,5,6)(H,7,8);3H/t;9-;8-;;;;4-;;;2-,3+;;;/m.00...0..1.../s1. The molecule has 133 heavy (non-hydrogen) atoms. The van der Waals surface area contributed by atoms with Crippen molar-refractivity contribution in [2.24, 2.45) is 28.9 Å². The van der Waals surface area contributed by atoms with Crippen LogP contribution >= 0.6 is 12.6 Å². The number of aliphatic hydroxyl groups is 3. The molecule has 4 aromatic carbocycles. The maximum absolute atomic E-state index is 10.6. The lowest BCUT2D eigenvalue weighted by Crippen LogP contribution is -2.39. The van der Waals surface area contributed by atoms with Crippen molar-refractivity contribution in [1.82, 2.24) is 4.98 Å². The molecule has 0 aliphatic rings. The smallest absolute Gasteiger partial charge is 0.446 e. The number of H-pyrrole nitrogens is 1. The molecule has 748 valence electrons. The third-order valence-electron chi connectivity index (χ3n) is 16.0. The number of allylic oxidation sites excluding steroid dienone is 4. The van der Waals surface area contributed by atoms with E-state index in [4.69, 9.17) is 130 Å². The predicted molar refractivity (Wildman–Crippen MR) is 488 cm³/mol. The number of aromatic carboxylic acids is 3. The Labute approximate surface area is 774 Å². The number of carbonyl (C=O) groups is 15. The molecule has 2 unspecified atom stereocenters. The average molecular weight is 1930 g/mol. The van der Waals surface area contributed by atoms with Crippen LogP contribution in [0.1, 0.15) is 232 Å². The number of unbranched alkanes of at least 4 members (excludes halogenated alkanes) is 15. The van der Waals surface area contributed by atoms with Crippen molar-refractivity contribution in [3.63, 3.8) is 0 Å². The van der Waals surface area contributed by atoms with Gasteiger partial charge in [0.15, 0.2) is 18.0 Å². The number of fused-ring (bicyclic) bond motifs is 1. The van der Waals surface area contributed by atoms with E-state index in [2.05, 4.69) is 28.7 Å². The third kappa shape index (κ3) is 87.8. The number of nitrogens with one attached hydrogen (secondary N) is 1. The van der Waals surface area contributed by atoms with Crippen LogP contribution in [0.4, 0.5) is 0 Å². The maximum Gasteiger partial charge on any atom is 0.446 e. The van der Waals surface area contributed by atoms with Gasteiger partial charge in [-0.1, -0.05) is 203 Å². The Morgan fingerprint density at radius 2 is 0.842 bits per heavy atom. The fourth-order valence-corrected chi connectivity index (χ4v) is 8.88. The van der Waals surface area contributed by atoms with Crippen molar-refractivity contribution in [3.05, 3.63) is 167 Å². The highest BCUT2D eigenvalue weighted by Gasteiger charge is 2.29. The van der Waals surface area contributed by atoms with E-state index in [9.17, 15) is 80.3 Å². The summed E-state index contributed by atoms with van der Waals surface area (Å²) < 4.78 is 33.0. The number of aromatic nitrogens is 1. The number of aliphatic hydroxyl groups excluding tert-OH is 3. The van der Waals surface area contributed by atoms with E-state index in [0.29, 0.717) is 24.8 Å². The van der Waals surface area contributed by atoms with Crippen LogP contribution in [0, 0.1) is 16.6 Å². The lowest BCUT2D eigenvalue weighted by molar-refractivity contribution is -0.165. The Morgan fingerprint density at radius 3 is 1.13 bits per heavy atom. The fraction of sp³-hybridized carbons (Fsp3) is 0.448. The molecule has 29 N–H and O–H groups in total. The molecule has 7 atom stereocenters. The van der Waals surface area contributed by atoms with Gasteiger partial charge in [-0.25, -0.2) is 33.6 Å². The normalized spacial score (nSPS) is 11.7. The number of para-hydroxylation sites is 2. The Kier molecular flexibility index (Phi) is 85.7. The number of thiol groups is 1. The molecule has 0 saturated heterocycles. The minimum atomic E-state index is -4.70. The highest BCUT2D eigenvalue weighted by Crippen LogP contribution is 2.21. The van der Waals surface area contributed by atoms with E-state index in [0.717, 1.165) is 65.9 Å². The summed E-state index contributed by atoms with van der Waals surface area (Å²) in [6.07, 6.45) is 26.1. The summed E-state index contributed by atoms with van der Waals surface area (Å²) in [5.41, 5.74) is 23.8. The fourth-order valence-electron chi connectivity index (χ4n) is 8.51. The molecule has 44 nitrogen and oxygen atoms in total. The van der Waals surface area contributed by atoms with E-state index in [1.807, 2.05) is 44.3 Å². The molecular weight excluding hydrogens is 1800 g/mol. The van der Waals surface area contributed by atoms with Crippen LogP contribution in [0.25, 0.3) is 10.9 Å². The van der Waals surface area contributed by atoms with Gasteiger partial charge in [-0.05, 0) is 119 Å². The zero-order valence-electron chi connectivity index (χ0n) is 75.0. The van der Waals surface area contributed by atoms with E-state index < -0.39 is 148 Å². The molecule has 0 amide bonds. The van der Waals surface area contributed by atoms with E-state index in [-0.39, 0.29) is 47.6 Å². The number of rotatable bonds is 43. The minimum Gasteiger partial charge on any atom is -0.508 e. The lowest BCUT2D eigenvalue weighted by Gasteiger charge is -2.07. The number of carboxylic acids is 15. The molecule has 1 heterocycles. The van der Waals surface area contributed by atoms with Crippen molar-refractivity contribution < 1.29 is 186 Å². The number of phenolic OH excluding ortho intramolecular Hbond substituents is 1. The van der Waals surface area contributed by atoms with Crippen LogP contribution in [0.5, 0.6) is 11.5 Å². The molecule has 5 aromatic rings. The van der Waals surface area contributed by atoms with Crippen LogP contribution < -0.4 is 27.1 Å². The van der Waals surface area contributed by atoms with Crippen molar-refractivity contribution in [2.45, 2.75) is 246 Å². The molecule has 0 fully saturated rings. The number of aromatic amines is 1. The van der Waals surface area contributed by atoms with Gasteiger partial charge in [0, 0.05) is 48.0 Å². The van der Waals surface area contributed by atoms with Crippen molar-refractivity contribution in [1.29, 1.82) is 5.26 Å². The number of phenols is 1. The third-order valence-corrected chi connectivity index (χ3v) is 16.4. The number of aliphatic carboxylic acids is 12. The molecule has 0 aliphatic heterocycles. The molecule has 0 saturated carbocycles. The summed E-state index contributed by atoms with van der Waals surface area (Å²) in [5, 5.41) is 167. The summed E-state index contributed by atoms with van der Waals surface area (Å²) in [6.45, 7) is 14.2. The SMILES string of the molecule is CC(C)[C@H](N)C(=O)O.CC=C(C)C(=O)O.CC=CC=CC(=O)O.CCCCC(=O)O.CCCCCCCCCCCCCCCCCC(=O)O.C[C@@H](O)[C@H](N)C(=O)O.N#CS.N[C@@H](Cc1c[nH]c2ccccc12)C(=O)O.N[C@@H](Cc1ccc(O)cc1)C(=O)O.O=C(O)C(O)C(O)C(=O)O.O=C(O)CCC(=O)O.O=C(O)c1ccc(C(=O)O)cc1.O=C(O)c1ccccc1OS(=O)(=O)O. The van der Waals surface area contributed by atoms with Crippen LogP contribution in [-0.4, -0.2) is 247 Å². The Hall–Kier alpha value is -13.2. The van der Waals surface area contributed by atoms with Gasteiger partial charge < -0.3 is 129 Å². The number of carboxylic acid groups (broad SMARTS) is 15. The van der Waals surface area contributed by atoms with Gasteiger partial charge >= 0.3 is 99.9 Å². The number of nitrogens with two attached hydrogens (primary N) is 4. The lowest BCUT2D eigenvalue weighted by atomic mass is 10.0. The van der Waals surface area contributed by atoms with Gasteiger partial charge in [0.25, 0.3) is 0 Å². The van der Waals surface area contributed by atoms with Crippen molar-refractivity contribution in [2.75, 3.05) is 0 Å². The zero-order chi connectivity index (χ0) is 104. The minimum absolute atomic E-state index is 0.0208. The van der Waals surface area contributed by atoms with Gasteiger partial charge in [-0.15, -0.1) is 0 Å². The number of hydrogen-bond donors (Lipinski definition) is 26. The van der Waals surface area contributed by atoms with E-state index >= 15 is 0 Å². The van der Waals surface area contributed by atoms with Gasteiger partial charge in [-0.3, -0.25) is 42.9 Å². The molecular formula is C87H130N6O38S2. The molecule has 0 aliphatic carbocycles. The average Bonchev–Trinajstić information content (AvgIpc) is 1.73. The quantitative estimate of drug-likeness (QED) is 0.00431. The first kappa shape index (κ1) is 135. The monoisotopic (exact) mass is 1930 g/mol. The summed E-state index contributed by atoms with van der Waals surface area (Å²) in [6, 6.07) is 20.6. The second-order valence-electron chi connectivity index (χ2n) is 27.6. The highest BCUT2D eigenvalue weighted by molar-refractivity contribution is 7.85. The number of nitriles is 1. The van der Waals surface area contributed by atoms with Crippen molar-refractivity contribution in [3.8, 4) is 16.9 Å². The Morgan fingerprint density at radius 1 is 0.474 bits per heavy atom. The number of benzene rings is 4. The Balaban J connectivity index is -0.000000216. The van der Waals surface area contributed by atoms with Crippen LogP contribution in [0.3, 0.4) is 0 Å². The second-order valence-corrected chi connectivity index (χ2v) is 28.8. The first-order valence-corrected chi connectivity index (χ1v) is 42.3. The topological polar surface area (TPSA) is 848 Å². The van der Waals surface area contributed by atoms with E-state index in [1.165, 1.54) is 150 Å². The summed E-state index contributed by atoms with van der Waals surface area (Å²) in [5.74, 6) is -16.6. The highest BCUT2D eigenvalue weighted by atomic mass is 32.3.